The van der Waals surface area contributed by atoms with Crippen LogP contribution in [0.2, 0.25) is 0 Å². The van der Waals surface area contributed by atoms with E-state index in [1.807, 2.05) is 0 Å². The topological polar surface area (TPSA) is 118 Å². The molecule has 1 aromatic carbocycles. The van der Waals surface area contributed by atoms with Gasteiger partial charge in [-0.3, -0.25) is 15.2 Å². The predicted molar refractivity (Wildman–Crippen MR) is 72.1 cm³/mol. The molecule has 0 unspecified atom stereocenters. The number of para-hydroxylation sites is 1. The van der Waals surface area contributed by atoms with Gasteiger partial charge in [0.2, 0.25) is 0 Å². The van der Waals surface area contributed by atoms with Gasteiger partial charge in [-0.1, -0.05) is 6.07 Å². The maximum Gasteiger partial charge on any atom is 0.310 e. The van der Waals surface area contributed by atoms with E-state index in [1.165, 1.54) is 18.2 Å². The van der Waals surface area contributed by atoms with E-state index in [2.05, 4.69) is 15.5 Å². The summed E-state index contributed by atoms with van der Waals surface area (Å²) in [5.74, 6) is 0. The van der Waals surface area contributed by atoms with Crippen LogP contribution in [0.15, 0.2) is 35.4 Å². The van der Waals surface area contributed by atoms with E-state index in [-0.39, 0.29) is 17.1 Å². The number of aromatic amines is 1. The van der Waals surface area contributed by atoms with Crippen molar-refractivity contribution in [1.82, 2.24) is 10.2 Å². The van der Waals surface area contributed by atoms with Crippen molar-refractivity contribution in [2.45, 2.75) is 11.4 Å². The first-order valence-corrected chi connectivity index (χ1v) is 7.48. The molecule has 0 saturated heterocycles. The van der Waals surface area contributed by atoms with E-state index in [1.54, 1.807) is 12.3 Å². The maximum atomic E-state index is 11.6. The summed E-state index contributed by atoms with van der Waals surface area (Å²) in [7, 11) is -3.67. The lowest BCUT2D eigenvalue weighted by atomic mass is 10.2. The fourth-order valence-electron chi connectivity index (χ4n) is 1.73. The number of nitro benzene ring substituents is 1. The third kappa shape index (κ3) is 2.94. The summed E-state index contributed by atoms with van der Waals surface area (Å²) in [6.07, 6.45) is 2.49. The van der Waals surface area contributed by atoms with Crippen LogP contribution < -0.4 is 5.32 Å². The van der Waals surface area contributed by atoms with Crippen molar-refractivity contribution in [1.29, 1.82) is 0 Å². The van der Waals surface area contributed by atoms with E-state index in [4.69, 9.17) is 0 Å². The fourth-order valence-corrected chi connectivity index (χ4v) is 2.59. The van der Waals surface area contributed by atoms with Crippen molar-refractivity contribution in [3.8, 4) is 0 Å². The van der Waals surface area contributed by atoms with Gasteiger partial charge in [-0.25, -0.2) is 8.42 Å². The van der Waals surface area contributed by atoms with E-state index >= 15 is 0 Å². The molecular weight excluding hydrogens is 284 g/mol. The standard InChI is InChI=1S/C11H12N4O4S/c1-20(18,19)10-4-2-3-9(11(10)15(16)17)12-7-8-5-6-13-14-8/h2-6,12H,7H2,1H3,(H,13,14). The van der Waals surface area contributed by atoms with Crippen LogP contribution in [-0.2, 0) is 16.4 Å². The average molecular weight is 296 g/mol. The molecule has 20 heavy (non-hydrogen) atoms. The molecule has 8 nitrogen and oxygen atoms in total. The smallest absolute Gasteiger partial charge is 0.310 e. The lowest BCUT2D eigenvalue weighted by molar-refractivity contribution is -0.386. The Kier molecular flexibility index (Phi) is 3.70. The van der Waals surface area contributed by atoms with Crippen molar-refractivity contribution in [3.63, 3.8) is 0 Å². The number of hydrogen-bond acceptors (Lipinski definition) is 6. The van der Waals surface area contributed by atoms with Crippen LogP contribution >= 0.6 is 0 Å². The number of anilines is 1. The Morgan fingerprint density at radius 3 is 2.70 bits per heavy atom. The van der Waals surface area contributed by atoms with Crippen molar-refractivity contribution < 1.29 is 13.3 Å². The second-order valence-electron chi connectivity index (χ2n) is 4.12. The number of aromatic nitrogens is 2. The van der Waals surface area contributed by atoms with Gasteiger partial charge in [0, 0.05) is 12.5 Å². The van der Waals surface area contributed by atoms with Gasteiger partial charge in [-0.15, -0.1) is 0 Å². The number of nitrogens with one attached hydrogen (secondary N) is 2. The number of sulfone groups is 1. The summed E-state index contributed by atoms with van der Waals surface area (Å²) in [5.41, 5.74) is 0.422. The van der Waals surface area contributed by atoms with Gasteiger partial charge >= 0.3 is 5.69 Å². The summed E-state index contributed by atoms with van der Waals surface area (Å²) in [4.78, 5) is 10.1. The maximum absolute atomic E-state index is 11.6. The molecule has 0 aliphatic rings. The van der Waals surface area contributed by atoms with Gasteiger partial charge < -0.3 is 5.32 Å². The summed E-state index contributed by atoms with van der Waals surface area (Å²) in [6, 6.07) is 5.84. The zero-order chi connectivity index (χ0) is 14.8. The summed E-state index contributed by atoms with van der Waals surface area (Å²) in [5, 5.41) is 20.4. The van der Waals surface area contributed by atoms with Crippen LogP contribution in [0.3, 0.4) is 0 Å². The molecule has 2 aromatic rings. The van der Waals surface area contributed by atoms with Crippen LogP contribution in [0.1, 0.15) is 5.69 Å². The second-order valence-corrected chi connectivity index (χ2v) is 6.10. The molecule has 2 N–H and O–H groups in total. The zero-order valence-electron chi connectivity index (χ0n) is 10.5. The normalized spacial score (nSPS) is 11.2. The second kappa shape index (κ2) is 5.29. The minimum absolute atomic E-state index is 0.146. The molecule has 1 aromatic heterocycles. The van der Waals surface area contributed by atoms with Crippen molar-refractivity contribution in [3.05, 3.63) is 46.3 Å². The zero-order valence-corrected chi connectivity index (χ0v) is 11.3. The Hall–Kier alpha value is -2.42. The van der Waals surface area contributed by atoms with Crippen LogP contribution in [0.25, 0.3) is 0 Å². The quantitative estimate of drug-likeness (QED) is 0.634. The highest BCUT2D eigenvalue weighted by atomic mass is 32.2. The van der Waals surface area contributed by atoms with Crippen LogP contribution in [0.4, 0.5) is 11.4 Å². The molecule has 0 aliphatic carbocycles. The van der Waals surface area contributed by atoms with Gasteiger partial charge in [-0.05, 0) is 18.2 Å². The first kappa shape index (κ1) is 14.0. The Bertz CT molecular complexity index is 725. The number of H-pyrrole nitrogens is 1. The van der Waals surface area contributed by atoms with Gasteiger partial charge in [-0.2, -0.15) is 5.10 Å². The molecule has 0 aliphatic heterocycles. The summed E-state index contributed by atoms with van der Waals surface area (Å²) in [6.45, 7) is 0.272. The summed E-state index contributed by atoms with van der Waals surface area (Å²) >= 11 is 0. The van der Waals surface area contributed by atoms with Crippen molar-refractivity contribution in [2.24, 2.45) is 0 Å². The highest BCUT2D eigenvalue weighted by molar-refractivity contribution is 7.90. The Morgan fingerprint density at radius 1 is 1.40 bits per heavy atom. The molecule has 0 saturated carbocycles. The molecular formula is C11H12N4O4S. The molecule has 106 valence electrons. The Balaban J connectivity index is 2.40. The van der Waals surface area contributed by atoms with Crippen LogP contribution in [0, 0.1) is 10.1 Å². The SMILES string of the molecule is CS(=O)(=O)c1cccc(NCc2ccn[nH]2)c1[N+](=O)[O-]. The first-order valence-electron chi connectivity index (χ1n) is 5.59. The molecule has 0 bridgehead atoms. The van der Waals surface area contributed by atoms with Crippen molar-refractivity contribution in [2.75, 3.05) is 11.6 Å². The molecule has 0 radical (unpaired) electrons. The molecule has 0 spiro atoms. The first-order chi connectivity index (χ1) is 9.39. The molecule has 1 heterocycles. The number of hydrogen-bond donors (Lipinski definition) is 2. The fraction of sp³-hybridized carbons (Fsp3) is 0.182. The van der Waals surface area contributed by atoms with E-state index in [9.17, 15) is 18.5 Å². The third-order valence-corrected chi connectivity index (χ3v) is 3.74. The minimum atomic E-state index is -3.67. The van der Waals surface area contributed by atoms with E-state index < -0.39 is 20.4 Å². The van der Waals surface area contributed by atoms with Crippen LogP contribution in [0.5, 0.6) is 0 Å². The van der Waals surface area contributed by atoms with Gasteiger partial charge in [0.15, 0.2) is 9.84 Å². The monoisotopic (exact) mass is 296 g/mol. The average Bonchev–Trinajstić information content (AvgIpc) is 2.87. The number of nitrogens with zero attached hydrogens (tertiary/aromatic N) is 2. The lowest BCUT2D eigenvalue weighted by Crippen LogP contribution is -2.08. The molecule has 0 atom stereocenters. The van der Waals surface area contributed by atoms with E-state index in [0.717, 1.165) is 11.9 Å². The van der Waals surface area contributed by atoms with Crippen LogP contribution in [-0.4, -0.2) is 29.8 Å². The number of benzene rings is 1. The van der Waals surface area contributed by atoms with E-state index in [0.29, 0.717) is 0 Å². The van der Waals surface area contributed by atoms with Crippen molar-refractivity contribution >= 4 is 21.2 Å². The number of rotatable bonds is 5. The molecule has 9 heteroatoms. The predicted octanol–water partition coefficient (Wildman–Crippen LogP) is 1.33. The Morgan fingerprint density at radius 2 is 2.15 bits per heavy atom. The van der Waals surface area contributed by atoms with Gasteiger partial charge in [0.1, 0.15) is 10.6 Å². The molecule has 0 fully saturated rings. The third-order valence-electron chi connectivity index (χ3n) is 2.61. The Labute approximate surface area is 114 Å². The molecule has 0 amide bonds. The minimum Gasteiger partial charge on any atom is -0.374 e. The highest BCUT2D eigenvalue weighted by Gasteiger charge is 2.25. The number of nitro groups is 1. The molecule has 2 rings (SSSR count). The highest BCUT2D eigenvalue weighted by Crippen LogP contribution is 2.32. The van der Waals surface area contributed by atoms with Gasteiger partial charge in [0.25, 0.3) is 0 Å². The largest absolute Gasteiger partial charge is 0.374 e. The summed E-state index contributed by atoms with van der Waals surface area (Å²) < 4.78 is 23.2. The lowest BCUT2D eigenvalue weighted by Gasteiger charge is -2.08. The van der Waals surface area contributed by atoms with Gasteiger partial charge in [0.05, 0.1) is 17.2 Å².